The van der Waals surface area contributed by atoms with Crippen molar-refractivity contribution in [3.8, 4) is 0 Å². The van der Waals surface area contributed by atoms with E-state index in [2.05, 4.69) is 17.4 Å². The molecule has 0 fully saturated rings. The van der Waals surface area contributed by atoms with E-state index in [1.807, 2.05) is 12.1 Å². The van der Waals surface area contributed by atoms with Crippen molar-refractivity contribution >= 4 is 55.5 Å². The van der Waals surface area contributed by atoms with Crippen LogP contribution >= 0.6 is 24.2 Å². The van der Waals surface area contributed by atoms with E-state index >= 15 is 0 Å². The number of hydrogen-bond acceptors (Lipinski definition) is 3. The number of hydrogen-bond donors (Lipinski definition) is 2. The van der Waals surface area contributed by atoms with Crippen molar-refractivity contribution < 1.29 is 8.42 Å². The minimum absolute atomic E-state index is 0.156. The van der Waals surface area contributed by atoms with Gasteiger partial charge >= 0.3 is 138 Å². The van der Waals surface area contributed by atoms with Gasteiger partial charge in [-0.15, -0.1) is 0 Å². The van der Waals surface area contributed by atoms with Crippen molar-refractivity contribution in [3.63, 3.8) is 0 Å². The third kappa shape index (κ3) is 4.03. The van der Waals surface area contributed by atoms with Crippen LogP contribution in [0.3, 0.4) is 0 Å². The third-order valence-electron chi connectivity index (χ3n) is 2.63. The molecule has 0 aliphatic carbocycles. The zero-order valence-corrected chi connectivity index (χ0v) is 15.3. The van der Waals surface area contributed by atoms with Crippen molar-refractivity contribution in [1.82, 2.24) is 4.72 Å². The average molecular weight is 390 g/mol. The summed E-state index contributed by atoms with van der Waals surface area (Å²) >= 11 is 11.6. The first-order valence-electron chi connectivity index (χ1n) is 5.71. The van der Waals surface area contributed by atoms with E-state index in [4.69, 9.17) is 11.6 Å². The first kappa shape index (κ1) is 15.9. The molecule has 2 aromatic carbocycles. The van der Waals surface area contributed by atoms with Crippen LogP contribution in [0.15, 0.2) is 52.3 Å². The summed E-state index contributed by atoms with van der Waals surface area (Å²) in [4.78, 5) is 0.849. The maximum atomic E-state index is 12.2. The van der Waals surface area contributed by atoms with E-state index in [-0.39, 0.29) is 11.4 Å². The van der Waals surface area contributed by atoms with E-state index < -0.39 is 10.0 Å². The molecule has 0 aliphatic heterocycles. The SMILES string of the molecule is O=S(=O)(NCc1ccccc1Cl)c1cc(S)cc([AsH2])c1. The molecule has 0 aromatic heterocycles. The second-order valence-electron chi connectivity index (χ2n) is 4.18. The number of halogens is 1. The molecule has 2 rings (SSSR count). The van der Waals surface area contributed by atoms with E-state index in [1.54, 1.807) is 24.3 Å². The monoisotopic (exact) mass is 389 g/mol. The molecule has 1 atom stereocenters. The van der Waals surface area contributed by atoms with Gasteiger partial charge in [0.05, 0.1) is 0 Å². The second kappa shape index (κ2) is 6.54. The fraction of sp³-hybridized carbons (Fsp3) is 0.0769. The van der Waals surface area contributed by atoms with Gasteiger partial charge in [-0.05, 0) is 0 Å². The van der Waals surface area contributed by atoms with Crippen molar-refractivity contribution in [1.29, 1.82) is 0 Å². The summed E-state index contributed by atoms with van der Waals surface area (Å²) in [6.07, 6.45) is 0. The van der Waals surface area contributed by atoms with Crippen LogP contribution < -0.4 is 9.07 Å². The van der Waals surface area contributed by atoms with Crippen molar-refractivity contribution in [3.05, 3.63) is 53.1 Å². The van der Waals surface area contributed by atoms with E-state index in [1.165, 1.54) is 22.9 Å². The molecule has 20 heavy (non-hydrogen) atoms. The van der Waals surface area contributed by atoms with Crippen LogP contribution in [0.4, 0.5) is 0 Å². The maximum absolute atomic E-state index is 12.2. The number of nitrogens with one attached hydrogen (secondary N) is 1. The van der Waals surface area contributed by atoms with Crippen LogP contribution in [0.2, 0.25) is 5.02 Å². The Morgan fingerprint density at radius 2 is 1.90 bits per heavy atom. The zero-order chi connectivity index (χ0) is 14.8. The summed E-state index contributed by atoms with van der Waals surface area (Å²) in [5, 5.41) is 0.539. The fourth-order valence-electron chi connectivity index (χ4n) is 1.66. The molecule has 7 heteroatoms. The Balaban J connectivity index is 2.22. The molecule has 0 saturated carbocycles. The summed E-state index contributed by atoms with van der Waals surface area (Å²) in [6.45, 7) is 0.156. The fourth-order valence-corrected chi connectivity index (χ4v) is 4.62. The quantitative estimate of drug-likeness (QED) is 0.613. The molecule has 0 saturated heterocycles. The van der Waals surface area contributed by atoms with Crippen LogP contribution in [0.1, 0.15) is 5.56 Å². The van der Waals surface area contributed by atoms with Crippen molar-refractivity contribution in [2.45, 2.75) is 16.3 Å². The molecule has 0 amide bonds. The van der Waals surface area contributed by atoms with E-state index in [0.717, 1.165) is 9.91 Å². The Kier molecular flexibility index (Phi) is 5.21. The molecular weight excluding hydrogens is 377 g/mol. The molecular formula is C13H13AsClNO2S2. The third-order valence-corrected chi connectivity index (χ3v) is 5.34. The van der Waals surface area contributed by atoms with Crippen LogP contribution in [0.5, 0.6) is 0 Å². The molecule has 3 nitrogen and oxygen atoms in total. The van der Waals surface area contributed by atoms with Gasteiger partial charge in [0.1, 0.15) is 0 Å². The first-order chi connectivity index (χ1) is 9.38. The van der Waals surface area contributed by atoms with Crippen molar-refractivity contribution in [2.24, 2.45) is 0 Å². The van der Waals surface area contributed by atoms with E-state index in [9.17, 15) is 8.42 Å². The first-order valence-corrected chi connectivity index (χ1v) is 9.23. The van der Waals surface area contributed by atoms with Crippen molar-refractivity contribution in [2.75, 3.05) is 0 Å². The Morgan fingerprint density at radius 1 is 1.20 bits per heavy atom. The van der Waals surface area contributed by atoms with Gasteiger partial charge in [0.25, 0.3) is 0 Å². The van der Waals surface area contributed by atoms with E-state index in [0.29, 0.717) is 9.92 Å². The topological polar surface area (TPSA) is 46.2 Å². The van der Waals surface area contributed by atoms with Gasteiger partial charge in [-0.3, -0.25) is 0 Å². The molecule has 0 aliphatic rings. The van der Waals surface area contributed by atoms with Gasteiger partial charge in [0.15, 0.2) is 0 Å². The summed E-state index contributed by atoms with van der Waals surface area (Å²) in [5.41, 5.74) is 0.737. The van der Waals surface area contributed by atoms with Gasteiger partial charge in [-0.1, -0.05) is 0 Å². The summed E-state index contributed by atoms with van der Waals surface area (Å²) < 4.78 is 27.9. The number of thiol groups is 1. The Morgan fingerprint density at radius 3 is 2.55 bits per heavy atom. The van der Waals surface area contributed by atoms with Gasteiger partial charge < -0.3 is 0 Å². The van der Waals surface area contributed by atoms with Crippen LogP contribution in [0.25, 0.3) is 0 Å². The Bertz CT molecular complexity index is 715. The summed E-state index contributed by atoms with van der Waals surface area (Å²) in [7, 11) is -3.57. The van der Waals surface area contributed by atoms with Gasteiger partial charge in [-0.25, -0.2) is 0 Å². The normalized spacial score (nSPS) is 11.6. The predicted octanol–water partition coefficient (Wildman–Crippen LogP) is 1.37. The number of sulfonamides is 1. The minimum atomic E-state index is -3.57. The number of benzene rings is 2. The van der Waals surface area contributed by atoms with Gasteiger partial charge in [0, 0.05) is 0 Å². The zero-order valence-electron chi connectivity index (χ0n) is 10.4. The predicted molar refractivity (Wildman–Crippen MR) is 87.3 cm³/mol. The molecule has 0 radical (unpaired) electrons. The Labute approximate surface area is 137 Å². The molecule has 0 spiro atoms. The molecule has 0 heterocycles. The summed E-state index contributed by atoms with van der Waals surface area (Å²) in [5.74, 6) is 0. The van der Waals surface area contributed by atoms with Crippen LogP contribution in [-0.2, 0) is 16.6 Å². The standard InChI is InChI=1S/C13H13AsClNO2S2/c14-10-5-11(19)7-12(6-10)20(17,18)16-8-9-3-1-2-4-13(9)15/h1-7,16,19H,8,14H2. The molecule has 1 N–H and O–H groups in total. The number of rotatable bonds is 4. The van der Waals surface area contributed by atoms with Gasteiger partial charge in [0.2, 0.25) is 0 Å². The molecule has 2 aromatic rings. The van der Waals surface area contributed by atoms with Crippen LogP contribution in [0, 0.1) is 0 Å². The van der Waals surface area contributed by atoms with Gasteiger partial charge in [-0.2, -0.15) is 0 Å². The molecule has 1 unspecified atom stereocenters. The molecule has 0 bridgehead atoms. The summed E-state index contributed by atoms with van der Waals surface area (Å²) in [6, 6.07) is 12.1. The molecule has 106 valence electrons. The van der Waals surface area contributed by atoms with Crippen LogP contribution in [-0.4, -0.2) is 25.3 Å². The second-order valence-corrected chi connectivity index (χ2v) is 8.27. The average Bonchev–Trinajstić information content (AvgIpc) is 2.37. The Hall–Kier alpha value is -0.452.